The number of fused-ring (bicyclic) bond motifs is 3. The number of nitrogens with zero attached hydrogens (tertiary/aromatic N) is 1. The van der Waals surface area contributed by atoms with E-state index in [-0.39, 0.29) is 11.0 Å². The molecule has 3 rings (SSSR count). The Kier molecular flexibility index (Phi) is 2.99. The second kappa shape index (κ2) is 4.84. The van der Waals surface area contributed by atoms with Gasteiger partial charge in [0.25, 0.3) is 0 Å². The molecule has 1 N–H and O–H groups in total. The second-order valence-electron chi connectivity index (χ2n) is 4.53. The fraction of sp³-hybridized carbons (Fsp3) is 0.125. The fourth-order valence-electron chi connectivity index (χ4n) is 2.51. The zero-order chi connectivity index (χ0) is 15.0. The lowest BCUT2D eigenvalue weighted by Gasteiger charge is -2.12. The molecule has 0 atom stereocenters. The minimum absolute atomic E-state index is 0.0994. The SMILES string of the molecule is COc1ccc2c(ccc3c(=O)c(C#N)c[nH]c32)c1OC. The first kappa shape index (κ1) is 13.0. The standard InChI is InChI=1S/C16H12N2O3/c1-20-13-6-5-10-11(16(13)21-2)3-4-12-14(10)18-8-9(7-17)15(12)19/h3-6,8H,1-2H3,(H,18,19). The van der Waals surface area contributed by atoms with Gasteiger partial charge in [0.05, 0.1) is 19.7 Å². The number of nitriles is 1. The molecule has 0 radical (unpaired) electrons. The third-order valence-electron chi connectivity index (χ3n) is 3.51. The highest BCUT2D eigenvalue weighted by molar-refractivity contribution is 6.08. The number of hydrogen-bond donors (Lipinski definition) is 1. The number of aromatic nitrogens is 1. The van der Waals surface area contributed by atoms with Crippen molar-refractivity contribution in [2.24, 2.45) is 0 Å². The number of ether oxygens (including phenoxy) is 2. The predicted molar refractivity (Wildman–Crippen MR) is 79.9 cm³/mol. The van der Waals surface area contributed by atoms with Gasteiger partial charge < -0.3 is 14.5 Å². The molecule has 0 aliphatic rings. The summed E-state index contributed by atoms with van der Waals surface area (Å²) in [6, 6.07) is 9.03. The lowest BCUT2D eigenvalue weighted by atomic mass is 10.0. The van der Waals surface area contributed by atoms with Gasteiger partial charge in [0.2, 0.25) is 5.43 Å². The molecule has 2 aromatic carbocycles. The van der Waals surface area contributed by atoms with E-state index in [1.54, 1.807) is 32.4 Å². The topological polar surface area (TPSA) is 75.1 Å². The molecule has 3 aromatic rings. The Labute approximate surface area is 120 Å². The van der Waals surface area contributed by atoms with Gasteiger partial charge in [0.15, 0.2) is 11.5 Å². The normalized spacial score (nSPS) is 10.5. The van der Waals surface area contributed by atoms with Crippen molar-refractivity contribution in [3.8, 4) is 17.6 Å². The van der Waals surface area contributed by atoms with Crippen molar-refractivity contribution in [3.63, 3.8) is 0 Å². The first-order chi connectivity index (χ1) is 10.2. The van der Waals surface area contributed by atoms with Gasteiger partial charge in [0, 0.05) is 22.4 Å². The summed E-state index contributed by atoms with van der Waals surface area (Å²) in [5, 5.41) is 11.1. The fourth-order valence-corrected chi connectivity index (χ4v) is 2.51. The molecule has 1 heterocycles. The highest BCUT2D eigenvalue weighted by atomic mass is 16.5. The Morgan fingerprint density at radius 2 is 1.76 bits per heavy atom. The van der Waals surface area contributed by atoms with Crippen LogP contribution in [0.15, 0.2) is 35.3 Å². The molecule has 5 nitrogen and oxygen atoms in total. The molecular formula is C16H12N2O3. The predicted octanol–water partition coefficient (Wildman–Crippen LogP) is 2.57. The summed E-state index contributed by atoms with van der Waals surface area (Å²) in [5.74, 6) is 1.24. The molecule has 0 saturated heterocycles. The van der Waals surface area contributed by atoms with Crippen molar-refractivity contribution in [1.82, 2.24) is 4.98 Å². The maximum atomic E-state index is 12.2. The van der Waals surface area contributed by atoms with Crippen molar-refractivity contribution in [3.05, 3.63) is 46.2 Å². The molecule has 0 bridgehead atoms. The summed E-state index contributed by atoms with van der Waals surface area (Å²) < 4.78 is 10.7. The van der Waals surface area contributed by atoms with Crippen molar-refractivity contribution in [2.75, 3.05) is 14.2 Å². The van der Waals surface area contributed by atoms with Crippen LogP contribution in [-0.2, 0) is 0 Å². The van der Waals surface area contributed by atoms with E-state index in [2.05, 4.69) is 4.98 Å². The summed E-state index contributed by atoms with van der Waals surface area (Å²) in [4.78, 5) is 15.2. The molecule has 5 heteroatoms. The van der Waals surface area contributed by atoms with Crippen LogP contribution >= 0.6 is 0 Å². The Hall–Kier alpha value is -3.00. The monoisotopic (exact) mass is 280 g/mol. The van der Waals surface area contributed by atoms with Crippen molar-refractivity contribution < 1.29 is 9.47 Å². The number of H-pyrrole nitrogens is 1. The van der Waals surface area contributed by atoms with Crippen LogP contribution in [0.3, 0.4) is 0 Å². The number of methoxy groups -OCH3 is 2. The van der Waals surface area contributed by atoms with E-state index in [1.165, 1.54) is 6.20 Å². The highest BCUT2D eigenvalue weighted by Gasteiger charge is 2.13. The van der Waals surface area contributed by atoms with Crippen LogP contribution in [-0.4, -0.2) is 19.2 Å². The molecule has 0 amide bonds. The molecule has 0 aliphatic carbocycles. The Morgan fingerprint density at radius 1 is 1.05 bits per heavy atom. The third kappa shape index (κ3) is 1.81. The van der Waals surface area contributed by atoms with Gasteiger partial charge in [-0.05, 0) is 24.3 Å². The molecule has 0 fully saturated rings. The van der Waals surface area contributed by atoms with Crippen LogP contribution in [0.5, 0.6) is 11.5 Å². The summed E-state index contributed by atoms with van der Waals surface area (Å²) in [5.41, 5.74) is 0.503. The van der Waals surface area contributed by atoms with E-state index in [0.717, 1.165) is 10.8 Å². The lowest BCUT2D eigenvalue weighted by molar-refractivity contribution is 0.358. The molecule has 0 unspecified atom stereocenters. The molecule has 1 aromatic heterocycles. The van der Waals surface area contributed by atoms with Crippen LogP contribution in [0, 0.1) is 11.3 Å². The van der Waals surface area contributed by atoms with Crippen LogP contribution in [0.2, 0.25) is 0 Å². The molecule has 104 valence electrons. The number of pyridine rings is 1. The first-order valence-corrected chi connectivity index (χ1v) is 6.30. The van der Waals surface area contributed by atoms with E-state index < -0.39 is 0 Å². The summed E-state index contributed by atoms with van der Waals surface area (Å²) in [7, 11) is 3.15. The third-order valence-corrected chi connectivity index (χ3v) is 3.51. The zero-order valence-corrected chi connectivity index (χ0v) is 11.6. The van der Waals surface area contributed by atoms with Crippen LogP contribution in [0.4, 0.5) is 0 Å². The molecule has 21 heavy (non-hydrogen) atoms. The van der Waals surface area contributed by atoms with Gasteiger partial charge in [0.1, 0.15) is 11.6 Å². The van der Waals surface area contributed by atoms with Gasteiger partial charge in [-0.3, -0.25) is 4.79 Å². The van der Waals surface area contributed by atoms with Gasteiger partial charge in [-0.1, -0.05) is 0 Å². The summed E-state index contributed by atoms with van der Waals surface area (Å²) in [6.07, 6.45) is 1.43. The van der Waals surface area contributed by atoms with Gasteiger partial charge in [-0.2, -0.15) is 5.26 Å². The Bertz CT molecular complexity index is 952. The van der Waals surface area contributed by atoms with Crippen LogP contribution in [0.25, 0.3) is 21.7 Å². The number of rotatable bonds is 2. The number of aromatic amines is 1. The van der Waals surface area contributed by atoms with E-state index in [1.807, 2.05) is 12.1 Å². The van der Waals surface area contributed by atoms with Crippen LogP contribution in [0.1, 0.15) is 5.56 Å². The minimum atomic E-state index is -0.275. The van der Waals surface area contributed by atoms with E-state index >= 15 is 0 Å². The summed E-state index contributed by atoms with van der Waals surface area (Å²) in [6.45, 7) is 0. The molecule has 0 aliphatic heterocycles. The lowest BCUT2D eigenvalue weighted by Crippen LogP contribution is -2.07. The van der Waals surface area contributed by atoms with E-state index in [4.69, 9.17) is 14.7 Å². The van der Waals surface area contributed by atoms with E-state index in [9.17, 15) is 4.79 Å². The second-order valence-corrected chi connectivity index (χ2v) is 4.53. The molecule has 0 saturated carbocycles. The smallest absolute Gasteiger partial charge is 0.207 e. The van der Waals surface area contributed by atoms with Gasteiger partial charge in [-0.15, -0.1) is 0 Å². The van der Waals surface area contributed by atoms with Crippen LogP contribution < -0.4 is 14.9 Å². The summed E-state index contributed by atoms with van der Waals surface area (Å²) >= 11 is 0. The number of hydrogen-bond acceptors (Lipinski definition) is 4. The van der Waals surface area contributed by atoms with Crippen molar-refractivity contribution in [2.45, 2.75) is 0 Å². The Morgan fingerprint density at radius 3 is 2.43 bits per heavy atom. The van der Waals surface area contributed by atoms with Gasteiger partial charge >= 0.3 is 0 Å². The average molecular weight is 280 g/mol. The quantitative estimate of drug-likeness (QED) is 0.732. The first-order valence-electron chi connectivity index (χ1n) is 6.30. The Balaban J connectivity index is 2.49. The van der Waals surface area contributed by atoms with Crippen molar-refractivity contribution >= 4 is 21.7 Å². The molecule has 0 spiro atoms. The number of nitrogens with one attached hydrogen (secondary N) is 1. The highest BCUT2D eigenvalue weighted by Crippen LogP contribution is 2.37. The maximum absolute atomic E-state index is 12.2. The minimum Gasteiger partial charge on any atom is -0.493 e. The largest absolute Gasteiger partial charge is 0.493 e. The van der Waals surface area contributed by atoms with Crippen molar-refractivity contribution in [1.29, 1.82) is 5.26 Å². The maximum Gasteiger partial charge on any atom is 0.207 e. The van der Waals surface area contributed by atoms with Gasteiger partial charge in [-0.25, -0.2) is 0 Å². The average Bonchev–Trinajstić information content (AvgIpc) is 2.53. The zero-order valence-electron chi connectivity index (χ0n) is 11.6. The number of benzene rings is 2. The molecular weight excluding hydrogens is 268 g/mol. The van der Waals surface area contributed by atoms with E-state index in [0.29, 0.717) is 22.4 Å².